The fourth-order valence-corrected chi connectivity index (χ4v) is 2.26. The van der Waals surface area contributed by atoms with E-state index in [0.29, 0.717) is 32.4 Å². The molecule has 1 amide bonds. The first-order valence-corrected chi connectivity index (χ1v) is 6.98. The zero-order valence-electron chi connectivity index (χ0n) is 11.6. The van der Waals surface area contributed by atoms with Gasteiger partial charge in [-0.05, 0) is 25.0 Å². The second-order valence-corrected chi connectivity index (χ2v) is 4.76. The molecular formula is C15H20N2O3. The number of nitrogens with one attached hydrogen (secondary N) is 2. The lowest BCUT2D eigenvalue weighted by Gasteiger charge is -2.11. The minimum Gasteiger partial charge on any atom is -0.466 e. The number of ether oxygens (including phenoxy) is 1. The molecule has 108 valence electrons. The first kappa shape index (κ1) is 14.4. The van der Waals surface area contributed by atoms with Gasteiger partial charge >= 0.3 is 5.97 Å². The Bertz CT molecular complexity index is 463. The molecule has 1 heterocycles. The van der Waals surface area contributed by atoms with Crippen molar-refractivity contribution in [3.05, 3.63) is 29.8 Å². The second kappa shape index (κ2) is 6.93. The van der Waals surface area contributed by atoms with E-state index in [9.17, 15) is 9.59 Å². The minimum atomic E-state index is -0.215. The molecule has 1 aliphatic heterocycles. The molecule has 0 saturated carbocycles. The summed E-state index contributed by atoms with van der Waals surface area (Å²) in [5.41, 5.74) is 2.19. The first-order chi connectivity index (χ1) is 9.70. The van der Waals surface area contributed by atoms with Crippen LogP contribution >= 0.6 is 0 Å². The highest BCUT2D eigenvalue weighted by molar-refractivity contribution is 5.87. The van der Waals surface area contributed by atoms with Gasteiger partial charge in [0.15, 0.2) is 0 Å². The van der Waals surface area contributed by atoms with Crippen molar-refractivity contribution in [2.24, 2.45) is 0 Å². The third-order valence-electron chi connectivity index (χ3n) is 3.25. The summed E-state index contributed by atoms with van der Waals surface area (Å²) < 4.78 is 4.83. The molecule has 1 aromatic carbocycles. The highest BCUT2D eigenvalue weighted by Gasteiger charge is 2.25. The molecule has 20 heavy (non-hydrogen) atoms. The molecule has 5 nitrogen and oxygen atoms in total. The van der Waals surface area contributed by atoms with E-state index in [-0.39, 0.29) is 17.9 Å². The highest BCUT2D eigenvalue weighted by Crippen LogP contribution is 2.24. The average Bonchev–Trinajstić information content (AvgIpc) is 2.87. The highest BCUT2D eigenvalue weighted by atomic mass is 16.5. The first-order valence-electron chi connectivity index (χ1n) is 6.98. The van der Waals surface area contributed by atoms with Gasteiger partial charge in [-0.3, -0.25) is 9.59 Å². The van der Waals surface area contributed by atoms with Gasteiger partial charge in [-0.25, -0.2) is 0 Å². The summed E-state index contributed by atoms with van der Waals surface area (Å²) in [5, 5.41) is 6.05. The Labute approximate surface area is 118 Å². The summed E-state index contributed by atoms with van der Waals surface area (Å²) in [4.78, 5) is 23.1. The molecule has 2 rings (SSSR count). The largest absolute Gasteiger partial charge is 0.466 e. The normalized spacial score (nSPS) is 16.1. The molecular weight excluding hydrogens is 256 g/mol. The van der Waals surface area contributed by atoms with Crippen molar-refractivity contribution in [1.82, 2.24) is 5.32 Å². The van der Waals surface area contributed by atoms with Crippen LogP contribution < -0.4 is 10.6 Å². The second-order valence-electron chi connectivity index (χ2n) is 4.76. The van der Waals surface area contributed by atoms with Crippen molar-refractivity contribution >= 4 is 17.6 Å². The number of anilines is 1. The molecule has 0 aliphatic carbocycles. The van der Waals surface area contributed by atoms with Crippen LogP contribution in [-0.2, 0) is 20.7 Å². The Morgan fingerprint density at radius 1 is 1.40 bits per heavy atom. The Balaban J connectivity index is 1.68. The molecule has 0 spiro atoms. The van der Waals surface area contributed by atoms with Crippen LogP contribution in [0.4, 0.5) is 5.69 Å². The van der Waals surface area contributed by atoms with Crippen LogP contribution in [0.5, 0.6) is 0 Å². The fraction of sp³-hybridized carbons (Fsp3) is 0.467. The number of carbonyl (C=O) groups is 2. The van der Waals surface area contributed by atoms with Crippen LogP contribution in [0.1, 0.15) is 25.3 Å². The zero-order valence-corrected chi connectivity index (χ0v) is 11.6. The van der Waals surface area contributed by atoms with Gasteiger partial charge in [0.2, 0.25) is 5.91 Å². The van der Waals surface area contributed by atoms with E-state index in [1.165, 1.54) is 5.56 Å². The molecule has 1 aliphatic rings. The van der Waals surface area contributed by atoms with Crippen molar-refractivity contribution < 1.29 is 14.3 Å². The van der Waals surface area contributed by atoms with Crippen molar-refractivity contribution in [2.45, 2.75) is 32.2 Å². The average molecular weight is 276 g/mol. The Morgan fingerprint density at radius 2 is 2.20 bits per heavy atom. The summed E-state index contributed by atoms with van der Waals surface area (Å²) in [6.07, 6.45) is 1.65. The lowest BCUT2D eigenvalue weighted by atomic mass is 10.1. The van der Waals surface area contributed by atoms with Crippen molar-refractivity contribution in [3.63, 3.8) is 0 Å². The summed E-state index contributed by atoms with van der Waals surface area (Å²) in [6.45, 7) is 2.67. The maximum absolute atomic E-state index is 12.0. The smallest absolute Gasteiger partial charge is 0.305 e. The molecule has 0 radical (unpaired) electrons. The van der Waals surface area contributed by atoms with Crippen LogP contribution in [0, 0.1) is 0 Å². The van der Waals surface area contributed by atoms with E-state index in [4.69, 9.17) is 4.74 Å². The molecule has 0 fully saturated rings. The number of hydrogen-bond acceptors (Lipinski definition) is 4. The summed E-state index contributed by atoms with van der Waals surface area (Å²) >= 11 is 0. The SMILES string of the molecule is CCOC(=O)CCCNC(=O)[C@@H]1Cc2ccccc2N1. The van der Waals surface area contributed by atoms with Gasteiger partial charge in [0.1, 0.15) is 6.04 Å². The van der Waals surface area contributed by atoms with Gasteiger partial charge in [0.25, 0.3) is 0 Å². The van der Waals surface area contributed by atoms with E-state index in [1.54, 1.807) is 6.92 Å². The van der Waals surface area contributed by atoms with E-state index < -0.39 is 0 Å². The lowest BCUT2D eigenvalue weighted by Crippen LogP contribution is -2.38. The van der Waals surface area contributed by atoms with Crippen LogP contribution in [-0.4, -0.2) is 31.1 Å². The van der Waals surface area contributed by atoms with Crippen molar-refractivity contribution in [3.8, 4) is 0 Å². The predicted octanol–water partition coefficient (Wildman–Crippen LogP) is 1.48. The molecule has 1 atom stereocenters. The van der Waals surface area contributed by atoms with E-state index >= 15 is 0 Å². The Morgan fingerprint density at radius 3 is 2.95 bits per heavy atom. The number of esters is 1. The van der Waals surface area contributed by atoms with Crippen LogP contribution in [0.15, 0.2) is 24.3 Å². The number of fused-ring (bicyclic) bond motifs is 1. The predicted molar refractivity (Wildman–Crippen MR) is 76.4 cm³/mol. The monoisotopic (exact) mass is 276 g/mol. The fourth-order valence-electron chi connectivity index (χ4n) is 2.26. The molecule has 0 bridgehead atoms. The maximum Gasteiger partial charge on any atom is 0.305 e. The maximum atomic E-state index is 12.0. The van der Waals surface area contributed by atoms with Crippen molar-refractivity contribution in [1.29, 1.82) is 0 Å². The van der Waals surface area contributed by atoms with Crippen molar-refractivity contribution in [2.75, 3.05) is 18.5 Å². The molecule has 0 aromatic heterocycles. The standard InChI is InChI=1S/C15H20N2O3/c1-2-20-14(18)8-5-9-16-15(19)13-10-11-6-3-4-7-12(11)17-13/h3-4,6-7,13,17H,2,5,8-10H2,1H3,(H,16,19)/t13-/m0/s1. The van der Waals surface area contributed by atoms with E-state index in [2.05, 4.69) is 10.6 Å². The van der Waals surface area contributed by atoms with Gasteiger partial charge in [0, 0.05) is 25.1 Å². The number of hydrogen-bond donors (Lipinski definition) is 2. The molecule has 5 heteroatoms. The van der Waals surface area contributed by atoms with Gasteiger partial charge in [0.05, 0.1) is 6.61 Å². The molecule has 2 N–H and O–H groups in total. The molecule has 0 saturated heterocycles. The Kier molecular flexibility index (Phi) is 4.98. The summed E-state index contributed by atoms with van der Waals surface area (Å²) in [6, 6.07) is 7.71. The molecule has 0 unspecified atom stereocenters. The van der Waals surface area contributed by atoms with E-state index in [0.717, 1.165) is 5.69 Å². The lowest BCUT2D eigenvalue weighted by molar-refractivity contribution is -0.143. The number of para-hydroxylation sites is 1. The third-order valence-corrected chi connectivity index (χ3v) is 3.25. The number of benzene rings is 1. The molecule has 1 aromatic rings. The number of rotatable bonds is 6. The van der Waals surface area contributed by atoms with Crippen LogP contribution in [0.2, 0.25) is 0 Å². The van der Waals surface area contributed by atoms with Gasteiger partial charge < -0.3 is 15.4 Å². The zero-order chi connectivity index (χ0) is 14.4. The van der Waals surface area contributed by atoms with Gasteiger partial charge in [-0.15, -0.1) is 0 Å². The van der Waals surface area contributed by atoms with Gasteiger partial charge in [-0.1, -0.05) is 18.2 Å². The third kappa shape index (κ3) is 3.73. The quantitative estimate of drug-likeness (QED) is 0.610. The van der Waals surface area contributed by atoms with Crippen LogP contribution in [0.3, 0.4) is 0 Å². The summed E-state index contributed by atoms with van der Waals surface area (Å²) in [7, 11) is 0. The summed E-state index contributed by atoms with van der Waals surface area (Å²) in [5.74, 6) is -0.238. The van der Waals surface area contributed by atoms with E-state index in [1.807, 2.05) is 24.3 Å². The number of carbonyl (C=O) groups excluding carboxylic acids is 2. The number of amides is 1. The Hall–Kier alpha value is -2.04. The van der Waals surface area contributed by atoms with Crippen LogP contribution in [0.25, 0.3) is 0 Å². The van der Waals surface area contributed by atoms with Gasteiger partial charge in [-0.2, -0.15) is 0 Å². The minimum absolute atomic E-state index is 0.0231. The topological polar surface area (TPSA) is 67.4 Å².